The molecule has 3 aromatic rings. The predicted molar refractivity (Wildman–Crippen MR) is 104 cm³/mol. The molecule has 7 nitrogen and oxygen atoms in total. The fraction of sp³-hybridized carbons (Fsp3) is 0.278. The molecule has 1 aliphatic rings. The summed E-state index contributed by atoms with van der Waals surface area (Å²) in [6.45, 7) is 1.88. The third-order valence-electron chi connectivity index (χ3n) is 4.28. The Kier molecular flexibility index (Phi) is 5.09. The zero-order valence-corrected chi connectivity index (χ0v) is 15.9. The molecule has 0 aliphatic carbocycles. The molecule has 1 fully saturated rings. The number of benzene rings is 1. The topological polar surface area (TPSA) is 84.4 Å². The van der Waals surface area contributed by atoms with Crippen LogP contribution >= 0.6 is 23.4 Å². The van der Waals surface area contributed by atoms with E-state index in [1.807, 2.05) is 28.8 Å². The molecule has 4 rings (SSSR count). The fourth-order valence-electron chi connectivity index (χ4n) is 2.97. The van der Waals surface area contributed by atoms with Crippen molar-refractivity contribution in [1.82, 2.24) is 14.8 Å². The fourth-order valence-corrected chi connectivity index (χ4v) is 4.00. The van der Waals surface area contributed by atoms with Crippen LogP contribution in [-0.2, 0) is 5.75 Å². The Morgan fingerprint density at radius 1 is 1.22 bits per heavy atom. The van der Waals surface area contributed by atoms with E-state index in [1.54, 1.807) is 0 Å². The quantitative estimate of drug-likeness (QED) is 0.651. The minimum Gasteiger partial charge on any atom is -0.502 e. The number of aromatic hydroxyl groups is 1. The Morgan fingerprint density at radius 2 is 2.04 bits per heavy atom. The first kappa shape index (κ1) is 17.9. The summed E-state index contributed by atoms with van der Waals surface area (Å²) in [5.74, 6) is 1.21. The average Bonchev–Trinajstić information content (AvgIpc) is 3.32. The van der Waals surface area contributed by atoms with Gasteiger partial charge >= 0.3 is 0 Å². The van der Waals surface area contributed by atoms with Crippen LogP contribution in [0.25, 0.3) is 5.69 Å². The first-order valence-electron chi connectivity index (χ1n) is 8.51. The van der Waals surface area contributed by atoms with Gasteiger partial charge in [-0.1, -0.05) is 29.4 Å². The van der Waals surface area contributed by atoms with Crippen LogP contribution in [0.1, 0.15) is 18.6 Å². The summed E-state index contributed by atoms with van der Waals surface area (Å²) in [5, 5.41) is 19.4. The number of hydrogen-bond donors (Lipinski definition) is 1. The molecule has 3 heterocycles. The number of halogens is 1. The van der Waals surface area contributed by atoms with Crippen molar-refractivity contribution in [1.29, 1.82) is 0 Å². The molecular formula is C18H17ClN4O3S. The number of anilines is 1. The first-order chi connectivity index (χ1) is 13.1. The molecule has 0 spiro atoms. The van der Waals surface area contributed by atoms with Crippen molar-refractivity contribution in [3.63, 3.8) is 0 Å². The van der Waals surface area contributed by atoms with Crippen LogP contribution in [0.2, 0.25) is 5.02 Å². The number of nitrogens with zero attached hydrogens (tertiary/aromatic N) is 4. The van der Waals surface area contributed by atoms with E-state index in [9.17, 15) is 9.90 Å². The van der Waals surface area contributed by atoms with Gasteiger partial charge in [-0.3, -0.25) is 9.36 Å². The zero-order chi connectivity index (χ0) is 18.8. The molecule has 0 atom stereocenters. The van der Waals surface area contributed by atoms with E-state index in [4.69, 9.17) is 16.0 Å². The Balaban J connectivity index is 1.67. The Hall–Kier alpha value is -2.45. The number of rotatable bonds is 5. The van der Waals surface area contributed by atoms with Gasteiger partial charge in [-0.05, 0) is 31.0 Å². The summed E-state index contributed by atoms with van der Waals surface area (Å²) < 4.78 is 7.24. The van der Waals surface area contributed by atoms with Crippen molar-refractivity contribution < 1.29 is 9.52 Å². The van der Waals surface area contributed by atoms with Gasteiger partial charge in [0.05, 0.1) is 11.4 Å². The van der Waals surface area contributed by atoms with Gasteiger partial charge in [0.2, 0.25) is 11.4 Å². The molecule has 1 saturated heterocycles. The summed E-state index contributed by atoms with van der Waals surface area (Å²) in [6, 6.07) is 8.82. The number of thioether (sulfide) groups is 1. The van der Waals surface area contributed by atoms with Crippen molar-refractivity contribution >= 4 is 29.3 Å². The maximum absolute atomic E-state index is 11.6. The van der Waals surface area contributed by atoms with E-state index in [1.165, 1.54) is 17.8 Å². The lowest BCUT2D eigenvalue weighted by Gasteiger charge is -2.18. The molecule has 9 heteroatoms. The molecule has 1 aromatic carbocycles. The molecule has 0 amide bonds. The highest BCUT2D eigenvalue weighted by Crippen LogP contribution is 2.31. The second-order valence-electron chi connectivity index (χ2n) is 6.18. The Bertz CT molecular complexity index is 1010. The van der Waals surface area contributed by atoms with Gasteiger partial charge in [0, 0.05) is 24.2 Å². The van der Waals surface area contributed by atoms with E-state index in [0.29, 0.717) is 21.7 Å². The highest BCUT2D eigenvalue weighted by molar-refractivity contribution is 7.98. The summed E-state index contributed by atoms with van der Waals surface area (Å²) >= 11 is 7.58. The summed E-state index contributed by atoms with van der Waals surface area (Å²) in [6.07, 6.45) is 3.31. The van der Waals surface area contributed by atoms with Crippen molar-refractivity contribution in [2.75, 3.05) is 18.0 Å². The number of hydrogen-bond acceptors (Lipinski definition) is 7. The van der Waals surface area contributed by atoms with Crippen LogP contribution in [0.15, 0.2) is 51.0 Å². The second kappa shape index (κ2) is 7.66. The molecule has 27 heavy (non-hydrogen) atoms. The lowest BCUT2D eigenvalue weighted by atomic mass is 10.3. The van der Waals surface area contributed by atoms with Crippen LogP contribution in [0, 0.1) is 0 Å². The third kappa shape index (κ3) is 3.81. The van der Waals surface area contributed by atoms with Gasteiger partial charge in [0.25, 0.3) is 0 Å². The van der Waals surface area contributed by atoms with Crippen molar-refractivity contribution in [3.05, 3.63) is 57.6 Å². The SMILES string of the molecule is O=c1cc(CSc2nnc(N3CCCC3)n2-c2cccc(Cl)c2)occ1O. The molecule has 1 aliphatic heterocycles. The third-order valence-corrected chi connectivity index (χ3v) is 5.47. The number of aromatic nitrogens is 3. The molecule has 0 unspecified atom stereocenters. The molecule has 2 aromatic heterocycles. The van der Waals surface area contributed by atoms with E-state index < -0.39 is 11.2 Å². The highest BCUT2D eigenvalue weighted by Gasteiger charge is 2.22. The minimum atomic E-state index is -0.467. The molecular weight excluding hydrogens is 388 g/mol. The van der Waals surface area contributed by atoms with E-state index in [-0.39, 0.29) is 0 Å². The van der Waals surface area contributed by atoms with Gasteiger partial charge in [-0.15, -0.1) is 10.2 Å². The maximum atomic E-state index is 11.6. The van der Waals surface area contributed by atoms with Gasteiger partial charge in [-0.25, -0.2) is 0 Å². The van der Waals surface area contributed by atoms with Crippen molar-refractivity contribution in [2.45, 2.75) is 23.8 Å². The van der Waals surface area contributed by atoms with Crippen LogP contribution in [0.5, 0.6) is 5.75 Å². The van der Waals surface area contributed by atoms with Crippen LogP contribution in [-0.4, -0.2) is 33.0 Å². The van der Waals surface area contributed by atoms with Crippen LogP contribution in [0.3, 0.4) is 0 Å². The van der Waals surface area contributed by atoms with E-state index in [0.717, 1.165) is 43.8 Å². The highest BCUT2D eigenvalue weighted by atomic mass is 35.5. The minimum absolute atomic E-state index is 0.383. The van der Waals surface area contributed by atoms with Crippen LogP contribution in [0.4, 0.5) is 5.95 Å². The molecule has 0 bridgehead atoms. The Morgan fingerprint density at radius 3 is 2.78 bits per heavy atom. The Labute approximate surface area is 164 Å². The van der Waals surface area contributed by atoms with E-state index in [2.05, 4.69) is 15.1 Å². The van der Waals surface area contributed by atoms with Gasteiger partial charge < -0.3 is 14.4 Å². The second-order valence-corrected chi connectivity index (χ2v) is 7.56. The summed E-state index contributed by atoms with van der Waals surface area (Å²) in [5.41, 5.74) is 0.412. The first-order valence-corrected chi connectivity index (χ1v) is 9.88. The van der Waals surface area contributed by atoms with Crippen molar-refractivity contribution in [3.8, 4) is 11.4 Å². The van der Waals surface area contributed by atoms with Crippen LogP contribution < -0.4 is 10.3 Å². The maximum Gasteiger partial charge on any atom is 0.232 e. The molecule has 140 valence electrons. The van der Waals surface area contributed by atoms with Crippen molar-refractivity contribution in [2.24, 2.45) is 0 Å². The smallest absolute Gasteiger partial charge is 0.232 e. The van der Waals surface area contributed by atoms with Gasteiger partial charge in [-0.2, -0.15) is 0 Å². The largest absolute Gasteiger partial charge is 0.502 e. The van der Waals surface area contributed by atoms with Gasteiger partial charge in [0.15, 0.2) is 10.9 Å². The van der Waals surface area contributed by atoms with Gasteiger partial charge in [0.1, 0.15) is 12.0 Å². The standard InChI is InChI=1S/C18H17ClN4O3S/c19-12-4-3-5-13(8-12)23-17(22-6-1-2-7-22)20-21-18(23)27-11-14-9-15(24)16(25)10-26-14/h3-5,8-10,25H,1-2,6-7,11H2. The lowest BCUT2D eigenvalue weighted by molar-refractivity contribution is 0.419. The lowest BCUT2D eigenvalue weighted by Crippen LogP contribution is -2.22. The monoisotopic (exact) mass is 404 g/mol. The molecule has 0 radical (unpaired) electrons. The zero-order valence-electron chi connectivity index (χ0n) is 14.3. The molecule has 0 saturated carbocycles. The normalized spacial score (nSPS) is 14.0. The summed E-state index contributed by atoms with van der Waals surface area (Å²) in [4.78, 5) is 13.8. The average molecular weight is 405 g/mol. The van der Waals surface area contributed by atoms with E-state index >= 15 is 0 Å². The predicted octanol–water partition coefficient (Wildman–Crippen LogP) is 3.47. The molecule has 1 N–H and O–H groups in total. The summed E-state index contributed by atoms with van der Waals surface area (Å²) in [7, 11) is 0.